The number of rotatable bonds is 8. The quantitative estimate of drug-likeness (QED) is 0.303. The van der Waals surface area contributed by atoms with Gasteiger partial charge in [-0.15, -0.1) is 11.3 Å². The Labute approximate surface area is 204 Å². The Morgan fingerprint density at radius 2 is 1.67 bits per heavy atom. The Bertz CT molecular complexity index is 1270. The van der Waals surface area contributed by atoms with Crippen molar-refractivity contribution in [3.05, 3.63) is 71.9 Å². The molecule has 0 saturated heterocycles. The standard InChI is InChI=1S/C24H22N4O2S3/c1-15-6-5-7-16(2)23(15)28-21(30)14-32-24-27-18-10-9-17(12-19(18)33-24)26-20(29)13-31-22-8-3-4-11-25-22/h3-12H,13-14H2,1-2H3,(H,26,29)(H,28,30). The topological polar surface area (TPSA) is 84.0 Å². The van der Waals surface area contributed by atoms with Gasteiger partial charge in [-0.3, -0.25) is 9.59 Å². The molecule has 168 valence electrons. The van der Waals surface area contributed by atoms with Gasteiger partial charge in [0.1, 0.15) is 0 Å². The molecule has 6 nitrogen and oxygen atoms in total. The predicted molar refractivity (Wildman–Crippen MR) is 138 cm³/mol. The number of hydrogen-bond acceptors (Lipinski definition) is 7. The highest BCUT2D eigenvalue weighted by Gasteiger charge is 2.12. The summed E-state index contributed by atoms with van der Waals surface area (Å²) in [6.07, 6.45) is 1.71. The maximum atomic E-state index is 12.4. The highest BCUT2D eigenvalue weighted by atomic mass is 32.2. The third kappa shape index (κ3) is 6.34. The molecule has 0 saturated carbocycles. The van der Waals surface area contributed by atoms with Gasteiger partial charge in [0.15, 0.2) is 4.34 Å². The summed E-state index contributed by atoms with van der Waals surface area (Å²) in [7, 11) is 0. The molecule has 9 heteroatoms. The molecule has 0 aliphatic carbocycles. The number of benzene rings is 2. The lowest BCUT2D eigenvalue weighted by molar-refractivity contribution is -0.114. The average Bonchev–Trinajstić information content (AvgIpc) is 3.22. The van der Waals surface area contributed by atoms with Crippen LogP contribution in [-0.4, -0.2) is 33.3 Å². The van der Waals surface area contributed by atoms with Crippen LogP contribution in [0.15, 0.2) is 70.2 Å². The summed E-state index contributed by atoms with van der Waals surface area (Å²) >= 11 is 4.31. The van der Waals surface area contributed by atoms with E-state index in [0.29, 0.717) is 0 Å². The van der Waals surface area contributed by atoms with Gasteiger partial charge in [-0.25, -0.2) is 9.97 Å². The van der Waals surface area contributed by atoms with E-state index in [-0.39, 0.29) is 23.3 Å². The van der Waals surface area contributed by atoms with Crippen LogP contribution in [0.2, 0.25) is 0 Å². The third-order valence-electron chi connectivity index (χ3n) is 4.71. The first-order valence-electron chi connectivity index (χ1n) is 10.2. The number of fused-ring (bicyclic) bond motifs is 1. The minimum absolute atomic E-state index is 0.0602. The van der Waals surface area contributed by atoms with Gasteiger partial charge in [0.25, 0.3) is 0 Å². The number of thioether (sulfide) groups is 2. The Hall–Kier alpha value is -2.88. The maximum absolute atomic E-state index is 12.4. The second kappa shape index (κ2) is 10.8. The molecule has 0 bridgehead atoms. The molecule has 4 rings (SSSR count). The molecular weight excluding hydrogens is 472 g/mol. The molecule has 2 amide bonds. The molecular formula is C24H22N4O2S3. The number of thiazole rings is 1. The summed E-state index contributed by atoms with van der Waals surface area (Å²) in [6.45, 7) is 3.97. The Balaban J connectivity index is 1.33. The molecule has 0 atom stereocenters. The number of para-hydroxylation sites is 1. The van der Waals surface area contributed by atoms with Crippen molar-refractivity contribution in [3.8, 4) is 0 Å². The van der Waals surface area contributed by atoms with E-state index in [9.17, 15) is 9.59 Å². The van der Waals surface area contributed by atoms with Crippen LogP contribution >= 0.6 is 34.9 Å². The van der Waals surface area contributed by atoms with Gasteiger partial charge < -0.3 is 10.6 Å². The van der Waals surface area contributed by atoms with E-state index in [2.05, 4.69) is 20.6 Å². The predicted octanol–water partition coefficient (Wildman–Crippen LogP) is 5.77. The number of amides is 2. The van der Waals surface area contributed by atoms with E-state index in [4.69, 9.17) is 0 Å². The third-order valence-corrected chi connectivity index (χ3v) is 7.82. The molecule has 2 aromatic heterocycles. The van der Waals surface area contributed by atoms with Crippen LogP contribution in [0.4, 0.5) is 11.4 Å². The Kier molecular flexibility index (Phi) is 7.64. The smallest absolute Gasteiger partial charge is 0.234 e. The molecule has 2 N–H and O–H groups in total. The van der Waals surface area contributed by atoms with Crippen molar-refractivity contribution < 1.29 is 9.59 Å². The van der Waals surface area contributed by atoms with Gasteiger partial charge in [-0.05, 0) is 55.3 Å². The normalized spacial score (nSPS) is 10.8. The lowest BCUT2D eigenvalue weighted by atomic mass is 10.1. The first kappa shape index (κ1) is 23.3. The maximum Gasteiger partial charge on any atom is 0.234 e. The number of aryl methyl sites for hydroxylation is 2. The number of nitrogens with one attached hydrogen (secondary N) is 2. The van der Waals surface area contributed by atoms with Crippen LogP contribution in [-0.2, 0) is 9.59 Å². The summed E-state index contributed by atoms with van der Waals surface area (Å²) in [5.74, 6) is 0.415. The number of hydrogen-bond donors (Lipinski definition) is 2. The lowest BCUT2D eigenvalue weighted by Gasteiger charge is -2.10. The number of aromatic nitrogens is 2. The minimum Gasteiger partial charge on any atom is -0.325 e. The highest BCUT2D eigenvalue weighted by Crippen LogP contribution is 2.31. The number of carbonyl (C=O) groups excluding carboxylic acids is 2. The molecule has 0 aliphatic heterocycles. The summed E-state index contributed by atoms with van der Waals surface area (Å²) < 4.78 is 1.78. The van der Waals surface area contributed by atoms with Crippen LogP contribution in [0.5, 0.6) is 0 Å². The van der Waals surface area contributed by atoms with E-state index < -0.39 is 0 Å². The van der Waals surface area contributed by atoms with Crippen LogP contribution in [0, 0.1) is 13.8 Å². The summed E-state index contributed by atoms with van der Waals surface area (Å²) in [6, 6.07) is 17.2. The van der Waals surface area contributed by atoms with Gasteiger partial charge >= 0.3 is 0 Å². The zero-order chi connectivity index (χ0) is 23.2. The fourth-order valence-corrected chi connectivity index (χ4v) is 5.70. The summed E-state index contributed by atoms with van der Waals surface area (Å²) in [5.41, 5.74) is 4.53. The first-order valence-corrected chi connectivity index (χ1v) is 13.0. The molecule has 0 unspecified atom stereocenters. The van der Waals surface area contributed by atoms with Crippen molar-refractivity contribution in [2.45, 2.75) is 23.2 Å². The van der Waals surface area contributed by atoms with Gasteiger partial charge in [0, 0.05) is 17.6 Å². The van der Waals surface area contributed by atoms with E-state index in [1.807, 2.05) is 68.4 Å². The van der Waals surface area contributed by atoms with Crippen LogP contribution < -0.4 is 10.6 Å². The largest absolute Gasteiger partial charge is 0.325 e. The summed E-state index contributed by atoms with van der Waals surface area (Å²) in [5, 5.41) is 6.74. The minimum atomic E-state index is -0.0905. The molecule has 2 aromatic carbocycles. The number of pyridine rings is 1. The van der Waals surface area contributed by atoms with E-state index in [1.165, 1.54) is 34.9 Å². The van der Waals surface area contributed by atoms with Gasteiger partial charge in [-0.2, -0.15) is 0 Å². The number of nitrogens with zero attached hydrogens (tertiary/aromatic N) is 2. The zero-order valence-corrected chi connectivity index (χ0v) is 20.6. The van der Waals surface area contributed by atoms with Crippen LogP contribution in [0.25, 0.3) is 10.2 Å². The SMILES string of the molecule is Cc1cccc(C)c1NC(=O)CSc1nc2ccc(NC(=O)CSc3ccccn3)cc2s1. The fourth-order valence-electron chi connectivity index (χ4n) is 3.13. The van der Waals surface area contributed by atoms with E-state index in [0.717, 1.165) is 42.1 Å². The van der Waals surface area contributed by atoms with E-state index >= 15 is 0 Å². The molecule has 2 heterocycles. The Morgan fingerprint density at radius 3 is 2.42 bits per heavy atom. The van der Waals surface area contributed by atoms with Crippen molar-refractivity contribution in [2.75, 3.05) is 22.1 Å². The van der Waals surface area contributed by atoms with Crippen LogP contribution in [0.1, 0.15) is 11.1 Å². The first-order chi connectivity index (χ1) is 16.0. The number of carbonyl (C=O) groups is 2. The molecule has 0 radical (unpaired) electrons. The monoisotopic (exact) mass is 494 g/mol. The van der Waals surface area contributed by atoms with Crippen molar-refractivity contribution in [1.82, 2.24) is 9.97 Å². The second-order valence-electron chi connectivity index (χ2n) is 7.27. The Morgan fingerprint density at radius 1 is 0.909 bits per heavy atom. The molecule has 33 heavy (non-hydrogen) atoms. The lowest BCUT2D eigenvalue weighted by Crippen LogP contribution is -2.15. The molecule has 4 aromatic rings. The van der Waals surface area contributed by atoms with Gasteiger partial charge in [-0.1, -0.05) is 47.8 Å². The van der Waals surface area contributed by atoms with Crippen molar-refractivity contribution in [1.29, 1.82) is 0 Å². The molecule has 0 fully saturated rings. The van der Waals surface area contributed by atoms with Gasteiger partial charge in [0.2, 0.25) is 11.8 Å². The molecule has 0 spiro atoms. The second-order valence-corrected chi connectivity index (χ2v) is 10.5. The fraction of sp³-hybridized carbons (Fsp3) is 0.167. The van der Waals surface area contributed by atoms with E-state index in [1.54, 1.807) is 6.20 Å². The van der Waals surface area contributed by atoms with Gasteiger partial charge in [0.05, 0.1) is 26.7 Å². The molecule has 0 aliphatic rings. The highest BCUT2D eigenvalue weighted by molar-refractivity contribution is 8.01. The average molecular weight is 495 g/mol. The van der Waals surface area contributed by atoms with Crippen molar-refractivity contribution in [3.63, 3.8) is 0 Å². The van der Waals surface area contributed by atoms with Crippen molar-refractivity contribution in [2.24, 2.45) is 0 Å². The van der Waals surface area contributed by atoms with Crippen LogP contribution in [0.3, 0.4) is 0 Å². The summed E-state index contributed by atoms with van der Waals surface area (Å²) in [4.78, 5) is 33.5. The zero-order valence-electron chi connectivity index (χ0n) is 18.1. The van der Waals surface area contributed by atoms with Crippen molar-refractivity contribution >= 4 is 68.3 Å². The number of anilines is 2.